The molecule has 1 aliphatic heterocycles. The number of nitrogens with one attached hydrogen (secondary N) is 1. The highest BCUT2D eigenvalue weighted by atomic mass is 32.2. The van der Waals surface area contributed by atoms with Gasteiger partial charge in [0.1, 0.15) is 10.5 Å². The number of H-pyrrole nitrogens is 1. The summed E-state index contributed by atoms with van der Waals surface area (Å²) < 4.78 is 0.713. The number of hydrogen-bond donors (Lipinski definition) is 1. The van der Waals surface area contributed by atoms with Crippen molar-refractivity contribution in [3.05, 3.63) is 22.2 Å². The van der Waals surface area contributed by atoms with E-state index >= 15 is 0 Å². The third-order valence-corrected chi connectivity index (χ3v) is 6.76. The molecular formula is C14H22N2S3. The predicted molar refractivity (Wildman–Crippen MR) is 89.9 cm³/mol. The predicted octanol–water partition coefficient (Wildman–Crippen LogP) is 4.74. The topological polar surface area (TPSA) is 28.7 Å². The number of aromatic nitrogens is 2. The van der Waals surface area contributed by atoms with Crippen LogP contribution < -0.4 is 0 Å². The third-order valence-electron chi connectivity index (χ3n) is 3.29. The van der Waals surface area contributed by atoms with Crippen LogP contribution in [0, 0.1) is 4.64 Å². The summed E-state index contributed by atoms with van der Waals surface area (Å²) in [4.78, 5) is 8.14. The molecule has 5 heteroatoms. The lowest BCUT2D eigenvalue weighted by Gasteiger charge is -2.30. The van der Waals surface area contributed by atoms with Crippen molar-refractivity contribution in [2.24, 2.45) is 0 Å². The molecule has 106 valence electrons. The second-order valence-electron chi connectivity index (χ2n) is 5.88. The Morgan fingerprint density at radius 3 is 2.68 bits per heavy atom. The van der Waals surface area contributed by atoms with Crippen molar-refractivity contribution in [1.29, 1.82) is 0 Å². The van der Waals surface area contributed by atoms with Gasteiger partial charge < -0.3 is 4.98 Å². The fourth-order valence-corrected chi connectivity index (χ4v) is 5.40. The quantitative estimate of drug-likeness (QED) is 0.799. The standard InChI is InChI=1S/C14H22N2S3/c1-5-9-12(19-7-6-18-9)13-15-10(14(2,3)4)8-11(17)16-13/h8-9,12H,5-7H2,1-4H3,(H,15,16,17). The maximum atomic E-state index is 5.35. The van der Waals surface area contributed by atoms with Gasteiger partial charge in [-0.2, -0.15) is 11.8 Å². The van der Waals surface area contributed by atoms with Crippen LogP contribution in [0.1, 0.15) is 50.9 Å². The van der Waals surface area contributed by atoms with Crippen molar-refractivity contribution >= 4 is 35.7 Å². The molecule has 2 atom stereocenters. The first kappa shape index (κ1) is 15.4. The van der Waals surface area contributed by atoms with E-state index in [0.29, 0.717) is 15.1 Å². The van der Waals surface area contributed by atoms with E-state index in [2.05, 4.69) is 49.4 Å². The van der Waals surface area contributed by atoms with Crippen molar-refractivity contribution in [3.8, 4) is 0 Å². The molecular weight excluding hydrogens is 292 g/mol. The average Bonchev–Trinajstić information content (AvgIpc) is 2.37. The zero-order chi connectivity index (χ0) is 14.0. The van der Waals surface area contributed by atoms with Crippen LogP contribution in [0.4, 0.5) is 0 Å². The van der Waals surface area contributed by atoms with Crippen LogP contribution in [0.2, 0.25) is 0 Å². The van der Waals surface area contributed by atoms with Gasteiger partial charge in [0, 0.05) is 27.9 Å². The molecule has 0 aliphatic carbocycles. The van der Waals surface area contributed by atoms with Gasteiger partial charge in [0.2, 0.25) is 0 Å². The van der Waals surface area contributed by atoms with Crippen molar-refractivity contribution < 1.29 is 0 Å². The Kier molecular flexibility index (Phi) is 5.01. The smallest absolute Gasteiger partial charge is 0.130 e. The summed E-state index contributed by atoms with van der Waals surface area (Å²) in [6.07, 6.45) is 1.18. The number of thioether (sulfide) groups is 2. The van der Waals surface area contributed by atoms with E-state index in [9.17, 15) is 0 Å². The molecule has 0 amide bonds. The second-order valence-corrected chi connectivity index (χ2v) is 8.89. The number of aromatic amines is 1. The molecule has 1 aromatic heterocycles. The van der Waals surface area contributed by atoms with Gasteiger partial charge in [-0.1, -0.05) is 39.9 Å². The zero-order valence-corrected chi connectivity index (χ0v) is 14.5. The van der Waals surface area contributed by atoms with Crippen LogP contribution in [0.25, 0.3) is 0 Å². The van der Waals surface area contributed by atoms with Gasteiger partial charge in [-0.15, -0.1) is 11.8 Å². The summed E-state index contributed by atoms with van der Waals surface area (Å²) in [6, 6.07) is 2.00. The fourth-order valence-electron chi connectivity index (χ4n) is 2.17. The first-order valence-electron chi connectivity index (χ1n) is 6.76. The number of nitrogens with zero attached hydrogens (tertiary/aromatic N) is 1. The van der Waals surface area contributed by atoms with Gasteiger partial charge in [-0.25, -0.2) is 4.98 Å². The van der Waals surface area contributed by atoms with E-state index in [0.717, 1.165) is 5.82 Å². The molecule has 0 aromatic carbocycles. The fraction of sp³-hybridized carbons (Fsp3) is 0.714. The summed E-state index contributed by atoms with van der Waals surface area (Å²) in [6.45, 7) is 8.88. The van der Waals surface area contributed by atoms with Gasteiger partial charge in [0.05, 0.1) is 5.25 Å². The Labute approximate surface area is 129 Å². The number of hydrogen-bond acceptors (Lipinski definition) is 4. The van der Waals surface area contributed by atoms with E-state index in [1.807, 2.05) is 17.8 Å². The highest BCUT2D eigenvalue weighted by molar-refractivity contribution is 8.06. The van der Waals surface area contributed by atoms with Crippen molar-refractivity contribution in [3.63, 3.8) is 0 Å². The monoisotopic (exact) mass is 314 g/mol. The van der Waals surface area contributed by atoms with Crippen molar-refractivity contribution in [1.82, 2.24) is 9.97 Å². The first-order chi connectivity index (χ1) is 8.91. The van der Waals surface area contributed by atoms with E-state index in [1.54, 1.807) is 0 Å². The minimum Gasteiger partial charge on any atom is -0.346 e. The maximum Gasteiger partial charge on any atom is 0.130 e. The third kappa shape index (κ3) is 3.76. The number of rotatable bonds is 2. The molecule has 0 saturated carbocycles. The zero-order valence-electron chi connectivity index (χ0n) is 12.0. The summed E-state index contributed by atoms with van der Waals surface area (Å²) in [7, 11) is 0. The van der Waals surface area contributed by atoms with E-state index < -0.39 is 0 Å². The lowest BCUT2D eigenvalue weighted by Crippen LogP contribution is -2.23. The van der Waals surface area contributed by atoms with Gasteiger partial charge in [0.15, 0.2) is 0 Å². The van der Waals surface area contributed by atoms with Gasteiger partial charge >= 0.3 is 0 Å². The summed E-state index contributed by atoms with van der Waals surface area (Å²) in [5.41, 5.74) is 1.27. The largest absolute Gasteiger partial charge is 0.346 e. The minimum absolute atomic E-state index is 0.0828. The molecule has 1 aliphatic rings. The summed E-state index contributed by atoms with van der Waals surface area (Å²) in [5.74, 6) is 3.52. The Morgan fingerprint density at radius 2 is 2.05 bits per heavy atom. The SMILES string of the molecule is CCC1SCCSC1c1nc(=S)cc(C(C)(C)C)[nH]1. The first-order valence-corrected chi connectivity index (χ1v) is 9.27. The lowest BCUT2D eigenvalue weighted by molar-refractivity contribution is 0.559. The van der Waals surface area contributed by atoms with Gasteiger partial charge in [-0.3, -0.25) is 0 Å². The van der Waals surface area contributed by atoms with Crippen molar-refractivity contribution in [2.75, 3.05) is 11.5 Å². The molecule has 2 rings (SSSR count). The van der Waals surface area contributed by atoms with Crippen molar-refractivity contribution in [2.45, 2.75) is 50.0 Å². The highest BCUT2D eigenvalue weighted by Gasteiger charge is 2.29. The molecule has 0 radical (unpaired) electrons. The normalized spacial score (nSPS) is 24.4. The molecule has 0 bridgehead atoms. The molecule has 1 fully saturated rings. The Hall–Kier alpha value is -0.0000000000000000555. The van der Waals surface area contributed by atoms with Crippen LogP contribution in [0.5, 0.6) is 0 Å². The molecule has 0 spiro atoms. The molecule has 1 N–H and O–H groups in total. The molecule has 1 saturated heterocycles. The Morgan fingerprint density at radius 1 is 1.37 bits per heavy atom. The molecule has 2 unspecified atom stereocenters. The Balaban J connectivity index is 2.38. The average molecular weight is 315 g/mol. The summed E-state index contributed by atoms with van der Waals surface area (Å²) in [5, 5.41) is 1.10. The van der Waals surface area contributed by atoms with E-state index in [1.165, 1.54) is 23.6 Å². The second kappa shape index (κ2) is 6.19. The summed E-state index contributed by atoms with van der Waals surface area (Å²) >= 11 is 9.44. The molecule has 1 aromatic rings. The van der Waals surface area contributed by atoms with Gasteiger partial charge in [-0.05, 0) is 12.5 Å². The van der Waals surface area contributed by atoms with Crippen LogP contribution in [-0.4, -0.2) is 26.7 Å². The van der Waals surface area contributed by atoms with Crippen LogP contribution >= 0.6 is 35.7 Å². The lowest BCUT2D eigenvalue weighted by atomic mass is 9.92. The van der Waals surface area contributed by atoms with Crippen LogP contribution in [0.3, 0.4) is 0 Å². The van der Waals surface area contributed by atoms with Crippen LogP contribution in [-0.2, 0) is 5.41 Å². The highest BCUT2D eigenvalue weighted by Crippen LogP contribution is 2.43. The minimum atomic E-state index is 0.0828. The van der Waals surface area contributed by atoms with E-state index in [4.69, 9.17) is 12.2 Å². The van der Waals surface area contributed by atoms with E-state index in [-0.39, 0.29) is 5.41 Å². The molecule has 19 heavy (non-hydrogen) atoms. The Bertz CT molecular complexity index is 490. The molecule has 2 nitrogen and oxygen atoms in total. The molecule has 2 heterocycles. The maximum absolute atomic E-state index is 5.35. The van der Waals surface area contributed by atoms with Crippen LogP contribution in [0.15, 0.2) is 6.07 Å². The van der Waals surface area contributed by atoms with Gasteiger partial charge in [0.25, 0.3) is 0 Å².